The second-order valence-electron chi connectivity index (χ2n) is 3.53. The van der Waals surface area contributed by atoms with Crippen LogP contribution in [0.15, 0.2) is 0 Å². The third-order valence-electron chi connectivity index (χ3n) is 2.43. The highest BCUT2D eigenvalue weighted by Gasteiger charge is 2.31. The van der Waals surface area contributed by atoms with E-state index in [-0.39, 0.29) is 17.7 Å². The number of rotatable bonds is 1. The Morgan fingerprint density at radius 2 is 1.92 bits per heavy atom. The fourth-order valence-corrected chi connectivity index (χ4v) is 1.72. The number of ketones is 1. The SMILES string of the molecule is CC(=O)C1CCC(O)CN1C(C)=O. The van der Waals surface area contributed by atoms with Gasteiger partial charge in [-0.25, -0.2) is 0 Å². The van der Waals surface area contributed by atoms with E-state index >= 15 is 0 Å². The second-order valence-corrected chi connectivity index (χ2v) is 3.53. The van der Waals surface area contributed by atoms with Gasteiger partial charge in [-0.05, 0) is 19.8 Å². The number of carbonyl (C=O) groups excluding carboxylic acids is 2. The molecular formula is C9H15NO3. The van der Waals surface area contributed by atoms with E-state index in [0.717, 1.165) is 0 Å². The van der Waals surface area contributed by atoms with Crippen LogP contribution in [0.1, 0.15) is 26.7 Å². The van der Waals surface area contributed by atoms with E-state index in [4.69, 9.17) is 0 Å². The second kappa shape index (κ2) is 3.87. The number of aliphatic hydroxyl groups is 1. The molecule has 0 aromatic heterocycles. The molecule has 1 fully saturated rings. The summed E-state index contributed by atoms with van der Waals surface area (Å²) >= 11 is 0. The van der Waals surface area contributed by atoms with E-state index in [1.54, 1.807) is 0 Å². The number of β-amino-alcohol motifs (C(OH)–C–C–N with tert-alkyl or cyclic N) is 1. The van der Waals surface area contributed by atoms with E-state index < -0.39 is 6.10 Å². The number of likely N-dealkylation sites (tertiary alicyclic amines) is 1. The molecule has 0 saturated carbocycles. The molecule has 1 amide bonds. The van der Waals surface area contributed by atoms with Gasteiger partial charge in [0.25, 0.3) is 0 Å². The first kappa shape index (κ1) is 10.2. The van der Waals surface area contributed by atoms with Crippen LogP contribution in [0.5, 0.6) is 0 Å². The molecule has 1 aliphatic rings. The summed E-state index contributed by atoms with van der Waals surface area (Å²) in [6.45, 7) is 3.20. The third-order valence-corrected chi connectivity index (χ3v) is 2.43. The van der Waals surface area contributed by atoms with E-state index in [2.05, 4.69) is 0 Å². The van der Waals surface area contributed by atoms with Gasteiger partial charge in [-0.15, -0.1) is 0 Å². The predicted octanol–water partition coefficient (Wildman–Crippen LogP) is -0.0528. The van der Waals surface area contributed by atoms with Crippen molar-refractivity contribution in [2.24, 2.45) is 0 Å². The number of hydrogen-bond acceptors (Lipinski definition) is 3. The average molecular weight is 185 g/mol. The minimum atomic E-state index is -0.473. The molecule has 4 heteroatoms. The lowest BCUT2D eigenvalue weighted by Gasteiger charge is -2.35. The number of piperidine rings is 1. The monoisotopic (exact) mass is 185 g/mol. The molecule has 1 heterocycles. The molecule has 0 radical (unpaired) electrons. The van der Waals surface area contributed by atoms with Gasteiger partial charge in [-0.2, -0.15) is 0 Å². The first-order chi connectivity index (χ1) is 6.02. The number of carbonyl (C=O) groups is 2. The summed E-state index contributed by atoms with van der Waals surface area (Å²) in [4.78, 5) is 23.7. The largest absolute Gasteiger partial charge is 0.391 e. The normalized spacial score (nSPS) is 28.7. The van der Waals surface area contributed by atoms with Crippen LogP contribution in [0.4, 0.5) is 0 Å². The minimum absolute atomic E-state index is 0.00194. The highest BCUT2D eigenvalue weighted by molar-refractivity contribution is 5.86. The van der Waals surface area contributed by atoms with Gasteiger partial charge in [0.05, 0.1) is 12.1 Å². The van der Waals surface area contributed by atoms with Gasteiger partial charge < -0.3 is 10.0 Å². The van der Waals surface area contributed by atoms with Crippen molar-refractivity contribution in [3.05, 3.63) is 0 Å². The van der Waals surface area contributed by atoms with Gasteiger partial charge in [-0.1, -0.05) is 0 Å². The molecule has 0 aromatic carbocycles. The van der Waals surface area contributed by atoms with Gasteiger partial charge >= 0.3 is 0 Å². The first-order valence-corrected chi connectivity index (χ1v) is 4.48. The standard InChI is InChI=1S/C9H15NO3/c1-6(11)9-4-3-8(13)5-10(9)7(2)12/h8-9,13H,3-5H2,1-2H3. The van der Waals surface area contributed by atoms with E-state index in [0.29, 0.717) is 19.4 Å². The summed E-state index contributed by atoms with van der Waals surface area (Å²) in [5, 5.41) is 9.32. The molecule has 1 rings (SSSR count). The summed E-state index contributed by atoms with van der Waals surface area (Å²) in [6, 6.07) is -0.319. The Labute approximate surface area is 77.5 Å². The van der Waals surface area contributed by atoms with Crippen molar-refractivity contribution in [2.45, 2.75) is 38.8 Å². The van der Waals surface area contributed by atoms with Gasteiger partial charge in [-0.3, -0.25) is 9.59 Å². The Bertz CT molecular complexity index is 227. The molecule has 1 N–H and O–H groups in total. The van der Waals surface area contributed by atoms with Crippen LogP contribution >= 0.6 is 0 Å². The predicted molar refractivity (Wildman–Crippen MR) is 47.1 cm³/mol. The molecule has 1 saturated heterocycles. The lowest BCUT2D eigenvalue weighted by Crippen LogP contribution is -2.50. The maximum atomic E-state index is 11.1. The average Bonchev–Trinajstić information content (AvgIpc) is 2.03. The van der Waals surface area contributed by atoms with Gasteiger partial charge in [0, 0.05) is 13.5 Å². The molecule has 13 heavy (non-hydrogen) atoms. The molecular weight excluding hydrogens is 170 g/mol. The fraction of sp³-hybridized carbons (Fsp3) is 0.778. The zero-order chi connectivity index (χ0) is 10.0. The van der Waals surface area contributed by atoms with Gasteiger partial charge in [0.1, 0.15) is 0 Å². The Balaban J connectivity index is 2.72. The van der Waals surface area contributed by atoms with Crippen molar-refractivity contribution < 1.29 is 14.7 Å². The van der Waals surface area contributed by atoms with Crippen LogP contribution < -0.4 is 0 Å². The zero-order valence-corrected chi connectivity index (χ0v) is 7.99. The van der Waals surface area contributed by atoms with Crippen LogP contribution in [0.3, 0.4) is 0 Å². The van der Waals surface area contributed by atoms with Crippen LogP contribution in [0.25, 0.3) is 0 Å². The zero-order valence-electron chi connectivity index (χ0n) is 7.99. The summed E-state index contributed by atoms with van der Waals surface area (Å²) in [5.74, 6) is -0.138. The van der Waals surface area contributed by atoms with Crippen LogP contribution in [-0.2, 0) is 9.59 Å². The molecule has 74 valence electrons. The van der Waals surface area contributed by atoms with Crippen LogP contribution in [0, 0.1) is 0 Å². The highest BCUT2D eigenvalue weighted by Crippen LogP contribution is 2.18. The smallest absolute Gasteiger partial charge is 0.220 e. The molecule has 0 spiro atoms. The van der Waals surface area contributed by atoms with Gasteiger partial charge in [0.15, 0.2) is 5.78 Å². The molecule has 1 aliphatic heterocycles. The summed E-state index contributed by atoms with van der Waals surface area (Å²) in [7, 11) is 0. The Morgan fingerprint density at radius 1 is 1.31 bits per heavy atom. The maximum absolute atomic E-state index is 11.1. The van der Waals surface area contributed by atoms with Crippen LogP contribution in [0.2, 0.25) is 0 Å². The lowest BCUT2D eigenvalue weighted by molar-refractivity contribution is -0.141. The van der Waals surface area contributed by atoms with E-state index in [9.17, 15) is 14.7 Å². The third kappa shape index (κ3) is 2.28. The van der Waals surface area contributed by atoms with E-state index in [1.807, 2.05) is 0 Å². The topological polar surface area (TPSA) is 57.6 Å². The first-order valence-electron chi connectivity index (χ1n) is 4.48. The Hall–Kier alpha value is -0.900. The molecule has 4 nitrogen and oxygen atoms in total. The number of hydrogen-bond donors (Lipinski definition) is 1. The summed E-state index contributed by atoms with van der Waals surface area (Å²) < 4.78 is 0. The number of aliphatic hydroxyl groups excluding tert-OH is 1. The van der Waals surface area contributed by atoms with Crippen LogP contribution in [-0.4, -0.2) is 40.4 Å². The molecule has 0 bridgehead atoms. The van der Waals surface area contributed by atoms with Crippen molar-refractivity contribution in [3.63, 3.8) is 0 Å². The van der Waals surface area contributed by atoms with Crippen molar-refractivity contribution in [1.82, 2.24) is 4.90 Å². The van der Waals surface area contributed by atoms with Crippen molar-refractivity contribution in [3.8, 4) is 0 Å². The molecule has 2 unspecified atom stereocenters. The summed E-state index contributed by atoms with van der Waals surface area (Å²) in [5.41, 5.74) is 0. The van der Waals surface area contributed by atoms with Crippen molar-refractivity contribution in [2.75, 3.05) is 6.54 Å². The van der Waals surface area contributed by atoms with E-state index in [1.165, 1.54) is 18.7 Å². The fourth-order valence-electron chi connectivity index (χ4n) is 1.72. The number of nitrogens with zero attached hydrogens (tertiary/aromatic N) is 1. The molecule has 2 atom stereocenters. The summed E-state index contributed by atoms with van der Waals surface area (Å²) in [6.07, 6.45) is 0.712. The van der Waals surface area contributed by atoms with Gasteiger partial charge in [0.2, 0.25) is 5.91 Å². The minimum Gasteiger partial charge on any atom is -0.391 e. The highest BCUT2D eigenvalue weighted by atomic mass is 16.3. The molecule has 0 aromatic rings. The Morgan fingerprint density at radius 3 is 2.38 bits per heavy atom. The van der Waals surface area contributed by atoms with Crippen molar-refractivity contribution in [1.29, 1.82) is 0 Å². The molecule has 0 aliphatic carbocycles. The van der Waals surface area contributed by atoms with Crippen molar-refractivity contribution >= 4 is 11.7 Å². The maximum Gasteiger partial charge on any atom is 0.220 e. The lowest BCUT2D eigenvalue weighted by atomic mass is 9.97. The quantitative estimate of drug-likeness (QED) is 0.623. The number of Topliss-reactive ketones (excluding diaryl/α,β-unsaturated/α-hetero) is 1. The Kier molecular flexibility index (Phi) is 3.03. The number of amides is 1.